The number of hydrogen-bond acceptors (Lipinski definition) is 12. The Morgan fingerprint density at radius 2 is 1.02 bits per heavy atom. The van der Waals surface area contributed by atoms with E-state index < -0.39 is 0 Å². The first-order valence-electron chi connectivity index (χ1n) is 13.1. The topological polar surface area (TPSA) is 158 Å². The van der Waals surface area contributed by atoms with E-state index in [9.17, 15) is 0 Å². The van der Waals surface area contributed by atoms with Crippen LogP contribution in [0.5, 0.6) is 0 Å². The molecule has 42 heavy (non-hydrogen) atoms. The molecule has 0 aliphatic carbocycles. The number of rotatable bonds is 0. The van der Waals surface area contributed by atoms with Crippen LogP contribution in [0.3, 0.4) is 0 Å². The Morgan fingerprint density at radius 1 is 0.524 bits per heavy atom. The normalized spacial score (nSPS) is 14.1. The molecule has 12 rings (SSSR count). The van der Waals surface area contributed by atoms with Crippen LogP contribution in [0.4, 0.5) is 0 Å². The van der Waals surface area contributed by atoms with Gasteiger partial charge in [-0.2, -0.15) is 0 Å². The summed E-state index contributed by atoms with van der Waals surface area (Å²) >= 11 is 0. The van der Waals surface area contributed by atoms with Crippen LogP contribution in [0.25, 0.3) is 55.9 Å². The second-order valence-electron chi connectivity index (χ2n) is 9.72. The Morgan fingerprint density at radius 3 is 1.50 bits per heavy atom. The fourth-order valence-corrected chi connectivity index (χ4v) is 5.12. The lowest BCUT2D eigenvalue weighted by molar-refractivity contribution is 0.0762. The number of oxazole rings is 2. The number of nitrogens with zero attached hydrogens (tertiary/aromatic N) is 10. The van der Waals surface area contributed by atoms with Crippen molar-refractivity contribution in [3.63, 3.8) is 0 Å². The Balaban J connectivity index is 1.14. The van der Waals surface area contributed by atoms with Crippen molar-refractivity contribution in [2.24, 2.45) is 0 Å². The lowest BCUT2D eigenvalue weighted by atomic mass is 10.2. The largest absolute Gasteiger partial charge is 0.438 e. The van der Waals surface area contributed by atoms with Crippen molar-refractivity contribution >= 4 is 44.3 Å². The molecule has 6 aromatic heterocycles. The van der Waals surface area contributed by atoms with Crippen LogP contribution in [0.2, 0.25) is 0 Å². The van der Waals surface area contributed by atoms with Crippen molar-refractivity contribution in [1.29, 1.82) is 0 Å². The zero-order valence-corrected chi connectivity index (χ0v) is 21.7. The van der Waals surface area contributed by atoms with E-state index >= 15 is 0 Å². The molecule has 0 radical (unpaired) electrons. The first kappa shape index (κ1) is 23.1. The molecule has 204 valence electrons. The van der Waals surface area contributed by atoms with Gasteiger partial charge in [0.25, 0.3) is 0 Å². The first-order valence-corrected chi connectivity index (χ1v) is 13.1. The van der Waals surface area contributed by atoms with E-state index in [-0.39, 0.29) is 26.4 Å². The maximum atomic E-state index is 6.00. The minimum absolute atomic E-state index is 0.118. The summed E-state index contributed by atoms with van der Waals surface area (Å²) < 4.78 is 27.4. The Labute approximate surface area is 234 Å². The van der Waals surface area contributed by atoms with Crippen molar-refractivity contribution in [2.75, 3.05) is 0 Å². The Bertz CT molecular complexity index is 2100. The average Bonchev–Trinajstić information content (AvgIpc) is 3.81. The van der Waals surface area contributed by atoms with Crippen LogP contribution >= 0.6 is 0 Å². The van der Waals surface area contributed by atoms with Crippen molar-refractivity contribution in [3.8, 4) is 11.6 Å². The molecule has 0 atom stereocenters. The summed E-state index contributed by atoms with van der Waals surface area (Å²) in [6.45, 7) is 0.757. The highest BCUT2D eigenvalue weighted by Gasteiger charge is 2.18. The van der Waals surface area contributed by atoms with Gasteiger partial charge in [0, 0.05) is 0 Å². The van der Waals surface area contributed by atoms with Gasteiger partial charge in [0.2, 0.25) is 11.8 Å². The maximum Gasteiger partial charge on any atom is 0.221 e. The van der Waals surface area contributed by atoms with E-state index in [1.54, 1.807) is 37.4 Å². The van der Waals surface area contributed by atoms with Crippen molar-refractivity contribution in [2.45, 2.75) is 26.4 Å². The van der Waals surface area contributed by atoms with Crippen LogP contribution < -0.4 is 0 Å². The molecule has 8 aromatic rings. The fourth-order valence-electron chi connectivity index (χ4n) is 5.12. The van der Waals surface area contributed by atoms with E-state index in [0.717, 1.165) is 22.1 Å². The number of ether oxygens (including phenoxy) is 2. The monoisotopic (exact) mass is 558 g/mol. The zero-order valence-electron chi connectivity index (χ0n) is 21.7. The van der Waals surface area contributed by atoms with Gasteiger partial charge in [-0.1, -0.05) is 0 Å². The highest BCUT2D eigenvalue weighted by molar-refractivity contribution is 6.01. The van der Waals surface area contributed by atoms with Gasteiger partial charge < -0.3 is 18.3 Å². The molecule has 10 heterocycles. The van der Waals surface area contributed by atoms with Crippen molar-refractivity contribution in [3.05, 3.63) is 84.9 Å². The maximum absolute atomic E-state index is 6.00. The molecule has 0 fully saturated rings. The second-order valence-corrected chi connectivity index (χ2v) is 9.72. The van der Waals surface area contributed by atoms with E-state index in [1.807, 2.05) is 33.4 Å². The summed E-state index contributed by atoms with van der Waals surface area (Å²) in [6.07, 6.45) is 10.1. The standard InChI is InChI=1S/C28H18N10O4/c1-3-19-25-27-17(1)33-13-37(27)21-7-29-15(5-31-21)9-39-10-16-6-32-22(8-30-16)38-14-34-18-2-4-20-26(28(18)38)36-24(42-20)12-40-11-23(35-25)41-19/h1-8,13-14H,9-12H2. The van der Waals surface area contributed by atoms with Gasteiger partial charge in [-0.15, -0.1) is 0 Å². The van der Waals surface area contributed by atoms with Crippen LogP contribution in [-0.2, 0) is 35.9 Å². The fraction of sp³-hybridized carbons (Fsp3) is 0.143. The molecular weight excluding hydrogens is 540 g/mol. The highest BCUT2D eigenvalue weighted by Crippen LogP contribution is 2.29. The summed E-state index contributed by atoms with van der Waals surface area (Å²) in [4.78, 5) is 36.7. The molecule has 0 saturated heterocycles. The lowest BCUT2D eigenvalue weighted by Gasteiger charge is -2.07. The van der Waals surface area contributed by atoms with Gasteiger partial charge in [0.05, 0.1) is 60.4 Å². The number of hydrogen-bond donors (Lipinski definition) is 0. The number of aromatic nitrogens is 10. The molecule has 0 N–H and O–H groups in total. The summed E-state index contributed by atoms with van der Waals surface area (Å²) in [7, 11) is 0. The first-order chi connectivity index (χ1) is 20.8. The third-order valence-electron chi connectivity index (χ3n) is 7.05. The SMILES string of the molecule is c1nc2cnc1COCc1cnc(cn1)-n1cnc3ccc4oc(nc4c31)COCc1nc3c(ccc4ncn-2c43)o1. The Hall–Kier alpha value is -5.60. The van der Waals surface area contributed by atoms with Gasteiger partial charge in [-0.25, -0.2) is 29.9 Å². The second kappa shape index (κ2) is 8.95. The van der Waals surface area contributed by atoms with Crippen LogP contribution in [0, 0.1) is 0 Å². The summed E-state index contributed by atoms with van der Waals surface area (Å²) in [5, 5.41) is 0. The molecule has 0 spiro atoms. The minimum Gasteiger partial charge on any atom is -0.438 e. The lowest BCUT2D eigenvalue weighted by Crippen LogP contribution is -2.04. The van der Waals surface area contributed by atoms with E-state index in [4.69, 9.17) is 28.3 Å². The molecule has 4 aliphatic heterocycles. The zero-order chi connectivity index (χ0) is 27.6. The van der Waals surface area contributed by atoms with Crippen molar-refractivity contribution < 1.29 is 18.3 Å². The quantitative estimate of drug-likeness (QED) is 0.264. The number of benzene rings is 2. The van der Waals surface area contributed by atoms with Gasteiger partial charge in [0.1, 0.15) is 47.9 Å². The molecule has 0 saturated carbocycles. The molecular formula is C28H18N10O4. The molecule has 8 bridgehead atoms. The molecule has 14 heteroatoms. The minimum atomic E-state index is 0.118. The van der Waals surface area contributed by atoms with E-state index in [2.05, 4.69) is 29.9 Å². The average molecular weight is 559 g/mol. The van der Waals surface area contributed by atoms with Crippen LogP contribution in [0.15, 0.2) is 70.5 Å². The van der Waals surface area contributed by atoms with E-state index in [0.29, 0.717) is 57.0 Å². The van der Waals surface area contributed by atoms with Gasteiger partial charge >= 0.3 is 0 Å². The summed E-state index contributed by atoms with van der Waals surface area (Å²) in [5.74, 6) is 2.01. The van der Waals surface area contributed by atoms with Crippen LogP contribution in [0.1, 0.15) is 23.2 Å². The molecule has 0 amide bonds. The van der Waals surface area contributed by atoms with Crippen molar-refractivity contribution in [1.82, 2.24) is 49.0 Å². The predicted octanol–water partition coefficient (Wildman–Crippen LogP) is 3.97. The predicted molar refractivity (Wildman–Crippen MR) is 145 cm³/mol. The molecule has 4 aliphatic rings. The number of imidazole rings is 2. The molecule has 14 nitrogen and oxygen atoms in total. The van der Waals surface area contributed by atoms with Crippen LogP contribution in [-0.4, -0.2) is 49.0 Å². The third-order valence-corrected chi connectivity index (χ3v) is 7.05. The Kier molecular flexibility index (Phi) is 4.93. The van der Waals surface area contributed by atoms with Gasteiger partial charge in [-0.3, -0.25) is 19.1 Å². The molecule has 0 unspecified atom stereocenters. The van der Waals surface area contributed by atoms with E-state index in [1.165, 1.54) is 0 Å². The summed E-state index contributed by atoms with van der Waals surface area (Å²) in [5.41, 5.74) is 6.90. The third kappa shape index (κ3) is 3.66. The highest BCUT2D eigenvalue weighted by atomic mass is 16.5. The van der Waals surface area contributed by atoms with Gasteiger partial charge in [0.15, 0.2) is 22.8 Å². The summed E-state index contributed by atoms with van der Waals surface area (Å²) in [6, 6.07) is 7.45. The van der Waals surface area contributed by atoms with Gasteiger partial charge in [-0.05, 0) is 24.3 Å². The smallest absolute Gasteiger partial charge is 0.221 e. The molecule has 2 aromatic carbocycles.